The van der Waals surface area contributed by atoms with E-state index >= 15 is 0 Å². The molecule has 0 aliphatic rings. The number of carbonyl (C=O) groups excluding carboxylic acids is 3. The van der Waals surface area contributed by atoms with Gasteiger partial charge in [-0.2, -0.15) is 0 Å². The molecule has 140 valence electrons. The highest BCUT2D eigenvalue weighted by molar-refractivity contribution is 5.97. The van der Waals surface area contributed by atoms with Gasteiger partial charge >= 0.3 is 12.0 Å². The second kappa shape index (κ2) is 9.09. The first kappa shape index (κ1) is 19.6. The van der Waals surface area contributed by atoms with Crippen molar-refractivity contribution in [3.63, 3.8) is 0 Å². The fraction of sp³-hybridized carbons (Fsp3) is 0.167. The molecular formula is C18H17N3O6. The molecular weight excluding hydrogens is 354 g/mol. The molecule has 9 heteroatoms. The molecule has 0 saturated carbocycles. The summed E-state index contributed by atoms with van der Waals surface area (Å²) in [7, 11) is 1.33. The fourth-order valence-electron chi connectivity index (χ4n) is 2.31. The lowest BCUT2D eigenvalue weighted by atomic mass is 10.1. The molecule has 2 aromatic carbocycles. The van der Waals surface area contributed by atoms with Crippen LogP contribution in [-0.4, -0.2) is 29.9 Å². The molecule has 9 nitrogen and oxygen atoms in total. The number of carbonyl (C=O) groups is 3. The van der Waals surface area contributed by atoms with Crippen molar-refractivity contribution in [2.75, 3.05) is 7.05 Å². The van der Waals surface area contributed by atoms with Crippen LogP contribution in [0.4, 0.5) is 10.5 Å². The number of imide groups is 1. The normalized spacial score (nSPS) is 11.1. The lowest BCUT2D eigenvalue weighted by Crippen LogP contribution is -2.41. The minimum Gasteiger partial charge on any atom is -0.447 e. The number of para-hydroxylation sites is 1. The van der Waals surface area contributed by atoms with E-state index in [1.165, 1.54) is 25.2 Å². The Bertz CT molecular complexity index is 853. The molecule has 0 aliphatic carbocycles. The zero-order valence-electron chi connectivity index (χ0n) is 14.4. The zero-order chi connectivity index (χ0) is 19.8. The number of ether oxygens (including phenoxy) is 1. The van der Waals surface area contributed by atoms with Gasteiger partial charge in [0.15, 0.2) is 0 Å². The molecule has 0 heterocycles. The molecule has 0 fully saturated rings. The molecule has 0 aromatic heterocycles. The Kier molecular flexibility index (Phi) is 6.59. The van der Waals surface area contributed by atoms with Gasteiger partial charge in [-0.3, -0.25) is 25.0 Å². The summed E-state index contributed by atoms with van der Waals surface area (Å²) in [6, 6.07) is 13.1. The van der Waals surface area contributed by atoms with Gasteiger partial charge in [-0.1, -0.05) is 48.5 Å². The summed E-state index contributed by atoms with van der Waals surface area (Å²) in [6.45, 7) is 0. The predicted octanol–water partition coefficient (Wildman–Crippen LogP) is 1.88. The summed E-state index contributed by atoms with van der Waals surface area (Å²) >= 11 is 0. The van der Waals surface area contributed by atoms with E-state index in [1.807, 2.05) is 0 Å². The number of esters is 1. The van der Waals surface area contributed by atoms with Crippen LogP contribution in [0, 0.1) is 10.1 Å². The highest BCUT2D eigenvalue weighted by Gasteiger charge is 2.27. The zero-order valence-corrected chi connectivity index (χ0v) is 14.4. The maximum Gasteiger partial charge on any atom is 0.321 e. The Morgan fingerprint density at radius 3 is 2.33 bits per heavy atom. The van der Waals surface area contributed by atoms with Crippen LogP contribution < -0.4 is 10.6 Å². The van der Waals surface area contributed by atoms with Crippen molar-refractivity contribution in [1.82, 2.24) is 10.6 Å². The summed E-state index contributed by atoms with van der Waals surface area (Å²) in [4.78, 5) is 46.5. The number of benzene rings is 2. The number of hydrogen-bond acceptors (Lipinski definition) is 6. The topological polar surface area (TPSA) is 128 Å². The Morgan fingerprint density at radius 2 is 1.70 bits per heavy atom. The molecule has 0 bridgehead atoms. The molecule has 0 spiro atoms. The lowest BCUT2D eigenvalue weighted by molar-refractivity contribution is -0.385. The number of nitrogens with one attached hydrogen (secondary N) is 2. The summed E-state index contributed by atoms with van der Waals surface area (Å²) in [5.74, 6) is -1.68. The van der Waals surface area contributed by atoms with Gasteiger partial charge in [0.05, 0.1) is 11.3 Å². The van der Waals surface area contributed by atoms with Gasteiger partial charge in [0.25, 0.3) is 11.6 Å². The second-order valence-corrected chi connectivity index (χ2v) is 5.41. The number of nitrogens with zero attached hydrogens (tertiary/aromatic N) is 1. The van der Waals surface area contributed by atoms with E-state index in [2.05, 4.69) is 10.6 Å². The molecule has 1 atom stereocenters. The summed E-state index contributed by atoms with van der Waals surface area (Å²) in [5, 5.41) is 15.3. The molecule has 27 heavy (non-hydrogen) atoms. The first-order valence-corrected chi connectivity index (χ1v) is 7.91. The summed E-state index contributed by atoms with van der Waals surface area (Å²) in [5.41, 5.74) is 0.293. The molecule has 3 amide bonds. The quantitative estimate of drug-likeness (QED) is 0.453. The van der Waals surface area contributed by atoms with Gasteiger partial charge in [-0.05, 0) is 0 Å². The molecule has 0 radical (unpaired) electrons. The highest BCUT2D eigenvalue weighted by Crippen LogP contribution is 2.22. The summed E-state index contributed by atoms with van der Waals surface area (Å²) in [6.07, 6.45) is -1.77. The number of amides is 3. The van der Waals surface area contributed by atoms with Crippen molar-refractivity contribution >= 4 is 23.6 Å². The van der Waals surface area contributed by atoms with Gasteiger partial charge < -0.3 is 10.1 Å². The molecule has 0 aliphatic heterocycles. The molecule has 2 rings (SSSR count). The third-order valence-corrected chi connectivity index (χ3v) is 3.58. The lowest BCUT2D eigenvalue weighted by Gasteiger charge is -2.17. The second-order valence-electron chi connectivity index (χ2n) is 5.41. The van der Waals surface area contributed by atoms with Crippen LogP contribution >= 0.6 is 0 Å². The van der Waals surface area contributed by atoms with Gasteiger partial charge in [0.2, 0.25) is 6.10 Å². The van der Waals surface area contributed by atoms with E-state index in [1.54, 1.807) is 36.4 Å². The van der Waals surface area contributed by atoms with E-state index in [-0.39, 0.29) is 11.3 Å². The third-order valence-electron chi connectivity index (χ3n) is 3.58. The van der Waals surface area contributed by atoms with Crippen LogP contribution in [0.1, 0.15) is 17.2 Å². The van der Waals surface area contributed by atoms with E-state index < -0.39 is 35.4 Å². The first-order valence-electron chi connectivity index (χ1n) is 7.91. The Hall–Kier alpha value is -3.75. The molecule has 0 unspecified atom stereocenters. The maximum atomic E-state index is 12.3. The standard InChI is InChI=1S/C18H17N3O6/c1-19-18(24)20-17(23)16(12-7-3-2-4-8-12)27-15(22)11-13-9-5-6-10-14(13)21(25)26/h2-10,16H,11H2,1H3,(H2,19,20,23,24)/t16-/m1/s1. The van der Waals surface area contributed by atoms with E-state index in [0.717, 1.165) is 0 Å². The Labute approximate surface area is 154 Å². The van der Waals surface area contributed by atoms with Gasteiger partial charge in [-0.25, -0.2) is 4.79 Å². The van der Waals surface area contributed by atoms with Crippen molar-refractivity contribution in [1.29, 1.82) is 0 Å². The number of urea groups is 1. The van der Waals surface area contributed by atoms with E-state index in [9.17, 15) is 24.5 Å². The molecule has 2 aromatic rings. The van der Waals surface area contributed by atoms with Gasteiger partial charge in [0.1, 0.15) is 0 Å². The summed E-state index contributed by atoms with van der Waals surface area (Å²) < 4.78 is 5.23. The van der Waals surface area contributed by atoms with Crippen molar-refractivity contribution in [2.45, 2.75) is 12.5 Å². The number of nitro benzene ring substituents is 1. The monoisotopic (exact) mass is 371 g/mol. The smallest absolute Gasteiger partial charge is 0.321 e. The predicted molar refractivity (Wildman–Crippen MR) is 94.7 cm³/mol. The maximum absolute atomic E-state index is 12.3. The molecule has 2 N–H and O–H groups in total. The van der Waals surface area contributed by atoms with Crippen molar-refractivity contribution in [3.05, 3.63) is 75.8 Å². The number of rotatable bonds is 6. The minimum absolute atomic E-state index is 0.158. The number of hydrogen-bond donors (Lipinski definition) is 2. The van der Waals surface area contributed by atoms with Crippen LogP contribution in [0.25, 0.3) is 0 Å². The van der Waals surface area contributed by atoms with Crippen LogP contribution in [0.15, 0.2) is 54.6 Å². The van der Waals surface area contributed by atoms with Crippen LogP contribution in [0.3, 0.4) is 0 Å². The van der Waals surface area contributed by atoms with Crippen molar-refractivity contribution < 1.29 is 24.0 Å². The van der Waals surface area contributed by atoms with Crippen LogP contribution in [-0.2, 0) is 20.7 Å². The van der Waals surface area contributed by atoms with Crippen molar-refractivity contribution in [2.24, 2.45) is 0 Å². The van der Waals surface area contributed by atoms with E-state index in [0.29, 0.717) is 5.56 Å². The average Bonchev–Trinajstić information content (AvgIpc) is 2.66. The highest BCUT2D eigenvalue weighted by atomic mass is 16.6. The van der Waals surface area contributed by atoms with Gasteiger partial charge in [0, 0.05) is 24.2 Å². The number of nitro groups is 1. The van der Waals surface area contributed by atoms with Crippen LogP contribution in [0.5, 0.6) is 0 Å². The Balaban J connectivity index is 2.20. The van der Waals surface area contributed by atoms with Crippen molar-refractivity contribution in [3.8, 4) is 0 Å². The average molecular weight is 371 g/mol. The molecule has 0 saturated heterocycles. The minimum atomic E-state index is -1.38. The largest absolute Gasteiger partial charge is 0.447 e. The van der Waals surface area contributed by atoms with Gasteiger partial charge in [-0.15, -0.1) is 0 Å². The third kappa shape index (κ3) is 5.36. The SMILES string of the molecule is CNC(=O)NC(=O)[C@H](OC(=O)Cc1ccccc1[N+](=O)[O-])c1ccccc1. The fourth-order valence-corrected chi connectivity index (χ4v) is 2.31. The van der Waals surface area contributed by atoms with E-state index in [4.69, 9.17) is 4.74 Å². The first-order chi connectivity index (χ1) is 12.9. The Morgan fingerprint density at radius 1 is 1.07 bits per heavy atom. The van der Waals surface area contributed by atoms with Crippen LogP contribution in [0.2, 0.25) is 0 Å².